The number of aryl methyl sites for hydroxylation is 2. The fourth-order valence-corrected chi connectivity index (χ4v) is 3.12. The average Bonchev–Trinajstić information content (AvgIpc) is 3.22. The first kappa shape index (κ1) is 20.3. The molecule has 0 atom stereocenters. The summed E-state index contributed by atoms with van der Waals surface area (Å²) in [5, 5.41) is 8.92. The smallest absolute Gasteiger partial charge is 0.223 e. The lowest BCUT2D eigenvalue weighted by Gasteiger charge is -2.22. The Morgan fingerprint density at radius 3 is 2.52 bits per heavy atom. The lowest BCUT2D eigenvalue weighted by Crippen LogP contribution is -2.31. The molecular formula is C24H25N3O2. The summed E-state index contributed by atoms with van der Waals surface area (Å²) in [4.78, 5) is 18.9. The van der Waals surface area contributed by atoms with Crippen LogP contribution in [-0.4, -0.2) is 22.3 Å². The number of oxazole rings is 1. The molecule has 5 heteroatoms. The maximum Gasteiger partial charge on any atom is 0.223 e. The van der Waals surface area contributed by atoms with Gasteiger partial charge in [-0.25, -0.2) is 4.98 Å². The van der Waals surface area contributed by atoms with Crippen molar-refractivity contribution in [2.75, 3.05) is 6.54 Å². The predicted octanol–water partition coefficient (Wildman–Crippen LogP) is 4.89. The Bertz CT molecular complexity index is 982. The monoisotopic (exact) mass is 387 g/mol. The predicted molar refractivity (Wildman–Crippen MR) is 112 cm³/mol. The second kappa shape index (κ2) is 9.70. The fourth-order valence-electron chi connectivity index (χ4n) is 3.12. The van der Waals surface area contributed by atoms with Crippen LogP contribution in [0.25, 0.3) is 11.3 Å². The second-order valence-corrected chi connectivity index (χ2v) is 7.11. The molecule has 0 saturated carbocycles. The highest BCUT2D eigenvalue weighted by atomic mass is 16.4. The van der Waals surface area contributed by atoms with Gasteiger partial charge in [0, 0.05) is 31.5 Å². The molecule has 0 aliphatic carbocycles. The standard InChI is InChI=1S/C24H25N3O2/c1-3-14-27(17-20-8-6-19(15-25)7-9-20)24(28)13-12-23-26-16-22(29-23)21-10-4-18(2)5-11-21/h4-11,16H,3,12-14,17H2,1-2H3. The molecule has 29 heavy (non-hydrogen) atoms. The Hall–Kier alpha value is -3.39. The number of carbonyl (C=O) groups is 1. The van der Waals surface area contributed by atoms with Gasteiger partial charge in [0.05, 0.1) is 17.8 Å². The van der Waals surface area contributed by atoms with Crippen LogP contribution in [0.1, 0.15) is 42.3 Å². The van der Waals surface area contributed by atoms with E-state index in [4.69, 9.17) is 9.68 Å². The number of hydrogen-bond donors (Lipinski definition) is 0. The zero-order valence-electron chi connectivity index (χ0n) is 16.9. The van der Waals surface area contributed by atoms with Gasteiger partial charge in [0.1, 0.15) is 0 Å². The second-order valence-electron chi connectivity index (χ2n) is 7.11. The van der Waals surface area contributed by atoms with Crippen LogP contribution in [0, 0.1) is 18.3 Å². The zero-order valence-corrected chi connectivity index (χ0v) is 16.9. The van der Waals surface area contributed by atoms with E-state index in [9.17, 15) is 4.79 Å². The van der Waals surface area contributed by atoms with E-state index in [1.807, 2.05) is 48.2 Å². The molecular weight excluding hydrogens is 362 g/mol. The van der Waals surface area contributed by atoms with Crippen molar-refractivity contribution >= 4 is 5.91 Å². The molecule has 3 rings (SSSR count). The Balaban J connectivity index is 1.60. The summed E-state index contributed by atoms with van der Waals surface area (Å²) in [7, 11) is 0. The molecule has 3 aromatic rings. The lowest BCUT2D eigenvalue weighted by atomic mass is 10.1. The van der Waals surface area contributed by atoms with Crippen LogP contribution in [0.15, 0.2) is 59.1 Å². The highest BCUT2D eigenvalue weighted by molar-refractivity contribution is 5.76. The molecule has 0 aliphatic heterocycles. The number of benzene rings is 2. The van der Waals surface area contributed by atoms with E-state index < -0.39 is 0 Å². The van der Waals surface area contributed by atoms with Crippen molar-refractivity contribution in [2.45, 2.75) is 39.7 Å². The van der Waals surface area contributed by atoms with Crippen molar-refractivity contribution < 1.29 is 9.21 Å². The topological polar surface area (TPSA) is 70.1 Å². The average molecular weight is 387 g/mol. The molecule has 1 heterocycles. The van der Waals surface area contributed by atoms with E-state index in [1.54, 1.807) is 18.3 Å². The van der Waals surface area contributed by atoms with E-state index in [2.05, 4.69) is 18.0 Å². The molecule has 1 amide bonds. The van der Waals surface area contributed by atoms with Gasteiger partial charge in [0.2, 0.25) is 5.91 Å². The van der Waals surface area contributed by atoms with Gasteiger partial charge in [0.15, 0.2) is 11.7 Å². The quantitative estimate of drug-likeness (QED) is 0.551. The van der Waals surface area contributed by atoms with Gasteiger partial charge in [0.25, 0.3) is 0 Å². The first-order valence-electron chi connectivity index (χ1n) is 9.87. The van der Waals surface area contributed by atoms with Crippen molar-refractivity contribution in [1.29, 1.82) is 5.26 Å². The Labute approximate surface area is 171 Å². The van der Waals surface area contributed by atoms with E-state index in [0.717, 1.165) is 23.3 Å². The minimum Gasteiger partial charge on any atom is -0.441 e. The van der Waals surface area contributed by atoms with Crippen LogP contribution in [0.5, 0.6) is 0 Å². The Morgan fingerprint density at radius 1 is 1.14 bits per heavy atom. The molecule has 0 N–H and O–H groups in total. The van der Waals surface area contributed by atoms with Gasteiger partial charge in [-0.15, -0.1) is 0 Å². The van der Waals surface area contributed by atoms with Crippen LogP contribution in [0.2, 0.25) is 0 Å². The van der Waals surface area contributed by atoms with Crippen molar-refractivity contribution in [3.63, 3.8) is 0 Å². The van der Waals surface area contributed by atoms with E-state index >= 15 is 0 Å². The molecule has 5 nitrogen and oxygen atoms in total. The number of aromatic nitrogens is 1. The van der Waals surface area contributed by atoms with E-state index in [0.29, 0.717) is 37.4 Å². The van der Waals surface area contributed by atoms with Crippen molar-refractivity contribution in [3.05, 3.63) is 77.3 Å². The Morgan fingerprint density at radius 2 is 1.86 bits per heavy atom. The van der Waals surface area contributed by atoms with E-state index in [-0.39, 0.29) is 5.91 Å². The molecule has 1 aromatic heterocycles. The third-order valence-electron chi connectivity index (χ3n) is 4.75. The Kier molecular flexibility index (Phi) is 6.80. The summed E-state index contributed by atoms with van der Waals surface area (Å²) in [6.07, 6.45) is 3.42. The number of amides is 1. The van der Waals surface area contributed by atoms with Crippen LogP contribution in [0.3, 0.4) is 0 Å². The molecule has 0 aliphatic rings. The molecule has 0 fully saturated rings. The van der Waals surface area contributed by atoms with Crippen LogP contribution in [-0.2, 0) is 17.8 Å². The third-order valence-corrected chi connectivity index (χ3v) is 4.75. The molecule has 148 valence electrons. The summed E-state index contributed by atoms with van der Waals surface area (Å²) in [6.45, 7) is 5.33. The lowest BCUT2D eigenvalue weighted by molar-refractivity contribution is -0.131. The molecule has 0 radical (unpaired) electrons. The van der Waals surface area contributed by atoms with Gasteiger partial charge >= 0.3 is 0 Å². The maximum atomic E-state index is 12.8. The molecule has 0 spiro atoms. The van der Waals surface area contributed by atoms with Crippen LogP contribution < -0.4 is 0 Å². The van der Waals surface area contributed by atoms with Crippen molar-refractivity contribution in [2.24, 2.45) is 0 Å². The minimum atomic E-state index is 0.0753. The first-order chi connectivity index (χ1) is 14.1. The van der Waals surface area contributed by atoms with Gasteiger partial charge in [-0.2, -0.15) is 5.26 Å². The van der Waals surface area contributed by atoms with Crippen molar-refractivity contribution in [1.82, 2.24) is 9.88 Å². The van der Waals surface area contributed by atoms with Crippen LogP contribution in [0.4, 0.5) is 0 Å². The van der Waals surface area contributed by atoms with Gasteiger partial charge in [-0.1, -0.05) is 48.9 Å². The normalized spacial score (nSPS) is 10.5. The largest absolute Gasteiger partial charge is 0.441 e. The SMILES string of the molecule is CCCN(Cc1ccc(C#N)cc1)C(=O)CCc1ncc(-c2ccc(C)cc2)o1. The van der Waals surface area contributed by atoms with Gasteiger partial charge in [-0.3, -0.25) is 4.79 Å². The molecule has 0 saturated heterocycles. The molecule has 0 bridgehead atoms. The number of carbonyl (C=O) groups excluding carboxylic acids is 1. The van der Waals surface area contributed by atoms with Gasteiger partial charge in [-0.05, 0) is 31.0 Å². The number of rotatable bonds is 8. The molecule has 0 unspecified atom stereocenters. The minimum absolute atomic E-state index is 0.0753. The number of hydrogen-bond acceptors (Lipinski definition) is 4. The van der Waals surface area contributed by atoms with Crippen LogP contribution >= 0.6 is 0 Å². The maximum absolute atomic E-state index is 12.8. The summed E-state index contributed by atoms with van der Waals surface area (Å²) < 4.78 is 5.83. The van der Waals surface area contributed by atoms with Crippen molar-refractivity contribution in [3.8, 4) is 17.4 Å². The summed E-state index contributed by atoms with van der Waals surface area (Å²) >= 11 is 0. The first-order valence-corrected chi connectivity index (χ1v) is 9.87. The number of nitrogens with zero attached hydrogens (tertiary/aromatic N) is 3. The number of nitriles is 1. The summed E-state index contributed by atoms with van der Waals surface area (Å²) in [5.74, 6) is 1.37. The van der Waals surface area contributed by atoms with E-state index in [1.165, 1.54) is 5.56 Å². The highest BCUT2D eigenvalue weighted by Crippen LogP contribution is 2.21. The highest BCUT2D eigenvalue weighted by Gasteiger charge is 2.15. The fraction of sp³-hybridized carbons (Fsp3) is 0.292. The third kappa shape index (κ3) is 5.55. The van der Waals surface area contributed by atoms with Gasteiger partial charge < -0.3 is 9.32 Å². The molecule has 2 aromatic carbocycles. The summed E-state index contributed by atoms with van der Waals surface area (Å²) in [5.41, 5.74) is 3.81. The summed E-state index contributed by atoms with van der Waals surface area (Å²) in [6, 6.07) is 17.6. The zero-order chi connectivity index (χ0) is 20.6.